The van der Waals surface area contributed by atoms with Gasteiger partial charge in [-0.1, -0.05) is 59.8 Å². The van der Waals surface area contributed by atoms with Gasteiger partial charge < -0.3 is 14.8 Å². The number of hydrogen-bond acceptors (Lipinski definition) is 9. The van der Waals surface area contributed by atoms with E-state index in [4.69, 9.17) is 14.6 Å². The molecule has 246 valence electrons. The minimum atomic E-state index is -0.385. The van der Waals surface area contributed by atoms with Gasteiger partial charge in [0.1, 0.15) is 0 Å². The quantitative estimate of drug-likeness (QED) is 0.155. The Labute approximate surface area is 287 Å². The maximum Gasteiger partial charge on any atom is 0.253 e. The molecule has 1 atom stereocenters. The van der Waals surface area contributed by atoms with E-state index >= 15 is 0 Å². The molecule has 2 amide bonds. The molecular weight excluding hydrogens is 645 g/mol. The Balaban J connectivity index is 1.29. The molecule has 0 radical (unpaired) electrons. The second kappa shape index (κ2) is 14.4. The highest BCUT2D eigenvalue weighted by Crippen LogP contribution is 2.42. The van der Waals surface area contributed by atoms with Crippen molar-refractivity contribution in [3.05, 3.63) is 117 Å². The molecule has 6 rings (SSSR count). The Morgan fingerprint density at radius 2 is 1.77 bits per heavy atom. The van der Waals surface area contributed by atoms with Gasteiger partial charge in [-0.15, -0.1) is 21.5 Å². The number of nitrogens with one attached hydrogen (secondary N) is 1. The van der Waals surface area contributed by atoms with E-state index in [1.807, 2.05) is 91.4 Å². The molecule has 1 aliphatic rings. The average Bonchev–Trinajstić information content (AvgIpc) is 3.87. The first kappa shape index (κ1) is 33.0. The number of para-hydroxylation sites is 1. The number of aryl methyl sites for hydroxylation is 3. The van der Waals surface area contributed by atoms with Gasteiger partial charge in [-0.2, -0.15) is 5.10 Å². The van der Waals surface area contributed by atoms with Crippen LogP contribution in [0.25, 0.3) is 5.69 Å². The van der Waals surface area contributed by atoms with Gasteiger partial charge in [-0.3, -0.25) is 14.2 Å². The number of hydrazone groups is 1. The summed E-state index contributed by atoms with van der Waals surface area (Å²) in [7, 11) is 3.19. The first-order chi connectivity index (χ1) is 23.3. The standard InChI is InChI=1S/C36H36N6O4S2/c1-22-9-6-10-25(17-22)35(44)37-20-32-38-39-36(41(32)28-18-23(2)14-15-24(28)3)48-21-33(43)42-29(19-27(40-42)31-13-8-16-47-31)26-11-7-12-30(45-4)34(26)46-5/h6-18,29H,19-21H2,1-5H3,(H,37,44)/t29-/m1/s1. The molecule has 3 heterocycles. The van der Waals surface area contributed by atoms with E-state index in [2.05, 4.69) is 21.6 Å². The minimum Gasteiger partial charge on any atom is -0.493 e. The van der Waals surface area contributed by atoms with Crippen molar-refractivity contribution in [1.82, 2.24) is 25.1 Å². The molecule has 0 fully saturated rings. The number of rotatable bonds is 11. The zero-order valence-corrected chi connectivity index (χ0v) is 29.0. The summed E-state index contributed by atoms with van der Waals surface area (Å²) in [5, 5.41) is 20.9. The Hall–Kier alpha value is -4.94. The fraction of sp³-hybridized carbons (Fsp3) is 0.250. The topological polar surface area (TPSA) is 111 Å². The molecule has 0 bridgehead atoms. The number of methoxy groups -OCH3 is 2. The molecule has 0 aliphatic carbocycles. The van der Waals surface area contributed by atoms with E-state index < -0.39 is 0 Å². The van der Waals surface area contributed by atoms with Gasteiger partial charge in [0.15, 0.2) is 22.5 Å². The minimum absolute atomic E-state index is 0.0582. The van der Waals surface area contributed by atoms with E-state index in [-0.39, 0.29) is 30.2 Å². The Kier molecular flexibility index (Phi) is 9.93. The lowest BCUT2D eigenvalue weighted by atomic mass is 9.99. The lowest BCUT2D eigenvalue weighted by Gasteiger charge is -2.24. The number of carbonyl (C=O) groups excluding carboxylic acids is 2. The molecule has 3 aromatic carbocycles. The summed E-state index contributed by atoms with van der Waals surface area (Å²) in [6.45, 7) is 6.14. The van der Waals surface area contributed by atoms with Crippen molar-refractivity contribution in [2.45, 2.75) is 44.9 Å². The van der Waals surface area contributed by atoms with Crippen LogP contribution in [-0.4, -0.2) is 57.3 Å². The van der Waals surface area contributed by atoms with Crippen LogP contribution in [-0.2, 0) is 11.3 Å². The molecule has 0 saturated heterocycles. The third-order valence-electron chi connectivity index (χ3n) is 8.08. The molecule has 12 heteroatoms. The van der Waals surface area contributed by atoms with Crippen LogP contribution in [0, 0.1) is 20.8 Å². The summed E-state index contributed by atoms with van der Waals surface area (Å²) in [6, 6.07) is 22.8. The summed E-state index contributed by atoms with van der Waals surface area (Å²) in [6.07, 6.45) is 0.532. The summed E-state index contributed by atoms with van der Waals surface area (Å²) >= 11 is 2.87. The van der Waals surface area contributed by atoms with Gasteiger partial charge in [-0.05, 0) is 67.6 Å². The van der Waals surface area contributed by atoms with Crippen LogP contribution >= 0.6 is 23.1 Å². The highest BCUT2D eigenvalue weighted by atomic mass is 32.2. The normalized spacial score (nSPS) is 14.1. The molecule has 0 unspecified atom stereocenters. The monoisotopic (exact) mass is 680 g/mol. The predicted molar refractivity (Wildman–Crippen MR) is 189 cm³/mol. The smallest absolute Gasteiger partial charge is 0.253 e. The molecule has 48 heavy (non-hydrogen) atoms. The molecular formula is C36H36N6O4S2. The van der Waals surface area contributed by atoms with E-state index in [1.54, 1.807) is 36.6 Å². The summed E-state index contributed by atoms with van der Waals surface area (Å²) in [5.74, 6) is 1.38. The third kappa shape index (κ3) is 6.85. The predicted octanol–water partition coefficient (Wildman–Crippen LogP) is 6.67. The van der Waals surface area contributed by atoms with E-state index in [0.29, 0.717) is 34.5 Å². The van der Waals surface area contributed by atoms with E-state index in [1.165, 1.54) is 11.8 Å². The van der Waals surface area contributed by atoms with Crippen LogP contribution in [0.2, 0.25) is 0 Å². The van der Waals surface area contributed by atoms with Gasteiger partial charge >= 0.3 is 0 Å². The number of benzene rings is 3. The summed E-state index contributed by atoms with van der Waals surface area (Å²) < 4.78 is 13.2. The molecule has 1 aliphatic heterocycles. The van der Waals surface area contributed by atoms with Crippen molar-refractivity contribution in [3.63, 3.8) is 0 Å². The average molecular weight is 681 g/mol. The largest absolute Gasteiger partial charge is 0.493 e. The van der Waals surface area contributed by atoms with Crippen molar-refractivity contribution in [3.8, 4) is 17.2 Å². The van der Waals surface area contributed by atoms with Crippen molar-refractivity contribution in [2.75, 3.05) is 20.0 Å². The third-order valence-corrected chi connectivity index (χ3v) is 9.91. The molecule has 2 aromatic heterocycles. The highest BCUT2D eigenvalue weighted by Gasteiger charge is 2.36. The number of amides is 2. The van der Waals surface area contributed by atoms with Crippen LogP contribution in [0.1, 0.15) is 55.8 Å². The van der Waals surface area contributed by atoms with Gasteiger partial charge in [-0.25, -0.2) is 5.01 Å². The van der Waals surface area contributed by atoms with E-state index in [0.717, 1.165) is 38.5 Å². The maximum atomic E-state index is 14.1. The number of nitrogens with zero attached hydrogens (tertiary/aromatic N) is 5. The highest BCUT2D eigenvalue weighted by molar-refractivity contribution is 7.99. The zero-order valence-electron chi connectivity index (χ0n) is 27.4. The first-order valence-electron chi connectivity index (χ1n) is 15.4. The van der Waals surface area contributed by atoms with E-state index in [9.17, 15) is 9.59 Å². The fourth-order valence-corrected chi connectivity index (χ4v) is 7.24. The molecule has 0 saturated carbocycles. The second-order valence-electron chi connectivity index (χ2n) is 11.4. The Morgan fingerprint density at radius 1 is 0.958 bits per heavy atom. The maximum absolute atomic E-state index is 14.1. The lowest BCUT2D eigenvalue weighted by molar-refractivity contribution is -0.130. The molecule has 1 N–H and O–H groups in total. The zero-order chi connectivity index (χ0) is 33.8. The van der Waals surface area contributed by atoms with Crippen LogP contribution < -0.4 is 14.8 Å². The molecule has 5 aromatic rings. The number of aromatic nitrogens is 3. The molecule has 10 nitrogen and oxygen atoms in total. The Bertz CT molecular complexity index is 1990. The van der Waals surface area contributed by atoms with Crippen LogP contribution in [0.5, 0.6) is 11.5 Å². The van der Waals surface area contributed by atoms with Crippen LogP contribution in [0.15, 0.2) is 88.4 Å². The first-order valence-corrected chi connectivity index (χ1v) is 17.3. The van der Waals surface area contributed by atoms with Crippen molar-refractivity contribution >= 4 is 40.6 Å². The van der Waals surface area contributed by atoms with Crippen molar-refractivity contribution in [1.29, 1.82) is 0 Å². The number of carbonyl (C=O) groups is 2. The fourth-order valence-electron chi connectivity index (χ4n) is 5.70. The number of thiophene rings is 1. The lowest BCUT2D eigenvalue weighted by Crippen LogP contribution is -2.29. The van der Waals surface area contributed by atoms with Gasteiger partial charge in [0.2, 0.25) is 0 Å². The van der Waals surface area contributed by atoms with Crippen LogP contribution in [0.3, 0.4) is 0 Å². The summed E-state index contributed by atoms with van der Waals surface area (Å²) in [5.41, 5.74) is 6.18. The number of hydrogen-bond donors (Lipinski definition) is 1. The van der Waals surface area contributed by atoms with Gasteiger partial charge in [0.05, 0.1) is 48.8 Å². The second-order valence-corrected chi connectivity index (χ2v) is 13.3. The van der Waals surface area contributed by atoms with Gasteiger partial charge in [0, 0.05) is 17.5 Å². The van der Waals surface area contributed by atoms with Crippen molar-refractivity contribution in [2.24, 2.45) is 5.10 Å². The van der Waals surface area contributed by atoms with Crippen molar-refractivity contribution < 1.29 is 19.1 Å². The number of ether oxygens (including phenoxy) is 2. The molecule has 0 spiro atoms. The SMILES string of the molecule is COc1cccc([C@H]2CC(c3cccs3)=NN2C(=O)CSc2nnc(CNC(=O)c3cccc(C)c3)n2-c2cc(C)ccc2C)c1OC. The Morgan fingerprint density at radius 3 is 2.52 bits per heavy atom. The summed E-state index contributed by atoms with van der Waals surface area (Å²) in [4.78, 5) is 28.1. The van der Waals surface area contributed by atoms with Gasteiger partial charge in [0.25, 0.3) is 11.8 Å². The number of thioether (sulfide) groups is 1. The van der Waals surface area contributed by atoms with Crippen LogP contribution in [0.4, 0.5) is 0 Å².